The Labute approximate surface area is 145 Å². The van der Waals surface area contributed by atoms with Crippen LogP contribution in [-0.4, -0.2) is 0 Å². The zero-order chi connectivity index (χ0) is 17.7. The van der Waals surface area contributed by atoms with Gasteiger partial charge in [0.15, 0.2) is 0 Å². The summed E-state index contributed by atoms with van der Waals surface area (Å²) < 4.78 is 13.9. The Morgan fingerprint density at radius 1 is 1.29 bits per heavy atom. The van der Waals surface area contributed by atoms with Crippen LogP contribution in [0.25, 0.3) is 0 Å². The van der Waals surface area contributed by atoms with Crippen molar-refractivity contribution in [1.29, 1.82) is 0 Å². The van der Waals surface area contributed by atoms with Crippen LogP contribution in [0.1, 0.15) is 44.7 Å². The molecule has 0 aliphatic heterocycles. The molecule has 0 amide bonds. The lowest BCUT2D eigenvalue weighted by atomic mass is 10.1. The van der Waals surface area contributed by atoms with Crippen LogP contribution >= 0.6 is 0 Å². The number of anilines is 1. The number of hydrogen-bond donors (Lipinski definition) is 1. The molecule has 2 rings (SSSR count). The molecule has 1 atom stereocenters. The molecule has 1 saturated carbocycles. The second kappa shape index (κ2) is 8.14. The highest BCUT2D eigenvalue weighted by atomic mass is 19.1. The van der Waals surface area contributed by atoms with E-state index in [2.05, 4.69) is 37.4 Å². The number of halogens is 1. The molecule has 128 valence electrons. The van der Waals surface area contributed by atoms with E-state index in [0.717, 1.165) is 29.3 Å². The molecule has 2 heteroatoms. The van der Waals surface area contributed by atoms with Gasteiger partial charge in [0, 0.05) is 11.4 Å². The minimum atomic E-state index is -0.172. The molecule has 1 aliphatic carbocycles. The first-order valence-corrected chi connectivity index (χ1v) is 8.63. The van der Waals surface area contributed by atoms with E-state index >= 15 is 0 Å². The summed E-state index contributed by atoms with van der Waals surface area (Å²) in [6.45, 7) is 10.1. The Balaban J connectivity index is 2.10. The van der Waals surface area contributed by atoms with Gasteiger partial charge in [-0.1, -0.05) is 36.3 Å². The number of rotatable bonds is 6. The van der Waals surface area contributed by atoms with Crippen molar-refractivity contribution in [1.82, 2.24) is 0 Å². The second-order valence-electron chi connectivity index (χ2n) is 6.75. The quantitative estimate of drug-likeness (QED) is 0.458. The summed E-state index contributed by atoms with van der Waals surface area (Å²) in [5.41, 5.74) is 6.28. The molecular formula is C22H28FN. The maximum Gasteiger partial charge on any atom is 0.128 e. The van der Waals surface area contributed by atoms with Crippen molar-refractivity contribution in [3.05, 3.63) is 76.3 Å². The third-order valence-electron chi connectivity index (χ3n) is 4.49. The SMILES string of the molecule is C/C=C/C(=C\C=C(\C)C/C=C1/CC1C)Nc1cc(C)c(C)c(F)c1. The summed E-state index contributed by atoms with van der Waals surface area (Å²) in [6.07, 6.45) is 12.8. The Hall–Kier alpha value is -2.09. The van der Waals surface area contributed by atoms with Gasteiger partial charge in [-0.2, -0.15) is 0 Å². The Morgan fingerprint density at radius 3 is 2.58 bits per heavy atom. The molecule has 1 aromatic rings. The van der Waals surface area contributed by atoms with Crippen LogP contribution in [0, 0.1) is 25.6 Å². The van der Waals surface area contributed by atoms with Crippen molar-refractivity contribution in [3.63, 3.8) is 0 Å². The van der Waals surface area contributed by atoms with Crippen LogP contribution in [-0.2, 0) is 0 Å². The van der Waals surface area contributed by atoms with Crippen LogP contribution < -0.4 is 5.32 Å². The van der Waals surface area contributed by atoms with Gasteiger partial charge in [0.2, 0.25) is 0 Å². The molecule has 0 radical (unpaired) electrons. The second-order valence-corrected chi connectivity index (χ2v) is 6.75. The zero-order valence-corrected chi connectivity index (χ0v) is 15.4. The van der Waals surface area contributed by atoms with Gasteiger partial charge in [-0.3, -0.25) is 0 Å². The first-order chi connectivity index (χ1) is 11.4. The van der Waals surface area contributed by atoms with Gasteiger partial charge in [0.1, 0.15) is 5.82 Å². The van der Waals surface area contributed by atoms with Gasteiger partial charge >= 0.3 is 0 Å². The van der Waals surface area contributed by atoms with Gasteiger partial charge in [0.25, 0.3) is 0 Å². The maximum absolute atomic E-state index is 13.9. The van der Waals surface area contributed by atoms with Crippen molar-refractivity contribution < 1.29 is 4.39 Å². The van der Waals surface area contributed by atoms with Crippen molar-refractivity contribution in [3.8, 4) is 0 Å². The lowest BCUT2D eigenvalue weighted by Crippen LogP contribution is -1.99. The third-order valence-corrected chi connectivity index (χ3v) is 4.49. The van der Waals surface area contributed by atoms with Gasteiger partial charge in [-0.15, -0.1) is 0 Å². The normalized spacial score (nSPS) is 20.1. The fraction of sp³-hybridized carbons (Fsp3) is 0.364. The highest BCUT2D eigenvalue weighted by Crippen LogP contribution is 2.37. The van der Waals surface area contributed by atoms with Gasteiger partial charge < -0.3 is 5.32 Å². The lowest BCUT2D eigenvalue weighted by molar-refractivity contribution is 0.617. The number of nitrogens with one attached hydrogen (secondary N) is 1. The van der Waals surface area contributed by atoms with Gasteiger partial charge in [-0.25, -0.2) is 4.39 Å². The van der Waals surface area contributed by atoms with Crippen LogP contribution in [0.5, 0.6) is 0 Å². The Bertz CT molecular complexity index is 696. The van der Waals surface area contributed by atoms with Crippen molar-refractivity contribution in [2.24, 2.45) is 5.92 Å². The summed E-state index contributed by atoms with van der Waals surface area (Å²) in [5, 5.41) is 3.30. The lowest BCUT2D eigenvalue weighted by Gasteiger charge is -2.10. The predicted molar refractivity (Wildman–Crippen MR) is 103 cm³/mol. The number of hydrogen-bond acceptors (Lipinski definition) is 1. The molecule has 0 spiro atoms. The van der Waals surface area contributed by atoms with E-state index in [9.17, 15) is 4.39 Å². The van der Waals surface area contributed by atoms with Crippen LogP contribution in [0.4, 0.5) is 10.1 Å². The number of benzene rings is 1. The maximum atomic E-state index is 13.9. The molecule has 1 N–H and O–H groups in total. The smallest absolute Gasteiger partial charge is 0.128 e. The van der Waals surface area contributed by atoms with E-state index in [0.29, 0.717) is 5.56 Å². The first kappa shape index (κ1) is 18.3. The molecule has 1 nitrogen and oxygen atoms in total. The molecule has 1 fully saturated rings. The average Bonchev–Trinajstić information content (AvgIpc) is 3.24. The van der Waals surface area contributed by atoms with Crippen LogP contribution in [0.2, 0.25) is 0 Å². The third kappa shape index (κ3) is 5.23. The van der Waals surface area contributed by atoms with Gasteiger partial charge in [0.05, 0.1) is 0 Å². The minimum absolute atomic E-state index is 0.172. The Kier molecular flexibility index (Phi) is 6.19. The van der Waals surface area contributed by atoms with E-state index in [4.69, 9.17) is 0 Å². The Morgan fingerprint density at radius 2 is 2.00 bits per heavy atom. The monoisotopic (exact) mass is 325 g/mol. The van der Waals surface area contributed by atoms with Crippen LogP contribution in [0.15, 0.2) is 59.4 Å². The highest BCUT2D eigenvalue weighted by Gasteiger charge is 2.22. The van der Waals surface area contributed by atoms with Gasteiger partial charge in [-0.05, 0) is 81.9 Å². The molecule has 1 aromatic carbocycles. The number of aryl methyl sites for hydroxylation is 1. The van der Waals surface area contributed by atoms with Crippen LogP contribution in [0.3, 0.4) is 0 Å². The zero-order valence-electron chi connectivity index (χ0n) is 15.4. The average molecular weight is 325 g/mol. The fourth-order valence-corrected chi connectivity index (χ4v) is 2.54. The molecule has 1 aliphatic rings. The van der Waals surface area contributed by atoms with E-state index in [1.54, 1.807) is 18.6 Å². The van der Waals surface area contributed by atoms with E-state index in [-0.39, 0.29) is 5.82 Å². The standard InChI is InChI=1S/C22H28FN/c1-6-7-20(11-9-15(2)8-10-19-12-17(19)4)24-21-13-16(3)18(5)22(23)14-21/h6-7,9-11,13-14,17,24H,8,12H2,1-5H3/b7-6+,15-9-,19-10-,20-11+. The van der Waals surface area contributed by atoms with Crippen molar-refractivity contribution in [2.45, 2.75) is 47.5 Å². The minimum Gasteiger partial charge on any atom is -0.355 e. The van der Waals surface area contributed by atoms with Crippen molar-refractivity contribution in [2.75, 3.05) is 5.32 Å². The number of allylic oxidation sites excluding steroid dienone is 7. The molecule has 1 unspecified atom stereocenters. The predicted octanol–water partition coefficient (Wildman–Crippen LogP) is 6.62. The molecular weight excluding hydrogens is 297 g/mol. The summed E-state index contributed by atoms with van der Waals surface area (Å²) in [7, 11) is 0. The topological polar surface area (TPSA) is 12.0 Å². The summed E-state index contributed by atoms with van der Waals surface area (Å²) in [5.74, 6) is 0.613. The summed E-state index contributed by atoms with van der Waals surface area (Å²) in [4.78, 5) is 0. The molecule has 0 bridgehead atoms. The highest BCUT2D eigenvalue weighted by molar-refractivity contribution is 5.55. The molecule has 0 heterocycles. The first-order valence-electron chi connectivity index (χ1n) is 8.63. The van der Waals surface area contributed by atoms with Crippen molar-refractivity contribution >= 4 is 5.69 Å². The summed E-state index contributed by atoms with van der Waals surface area (Å²) >= 11 is 0. The summed E-state index contributed by atoms with van der Waals surface area (Å²) in [6, 6.07) is 3.53. The van der Waals surface area contributed by atoms with E-state index in [1.165, 1.54) is 12.0 Å². The fourth-order valence-electron chi connectivity index (χ4n) is 2.54. The molecule has 24 heavy (non-hydrogen) atoms. The molecule has 0 aromatic heterocycles. The van der Waals surface area contributed by atoms with E-state index < -0.39 is 0 Å². The largest absolute Gasteiger partial charge is 0.355 e. The van der Waals surface area contributed by atoms with E-state index in [1.807, 2.05) is 32.1 Å². The molecule has 0 saturated heterocycles.